The maximum Gasteiger partial charge on any atom is 0.110 e. The number of nitrogen functional groups attached to an aromatic ring is 1. The molecule has 0 fully saturated rings. The van der Waals surface area contributed by atoms with Gasteiger partial charge in [0.25, 0.3) is 0 Å². The van der Waals surface area contributed by atoms with Gasteiger partial charge in [0.2, 0.25) is 0 Å². The van der Waals surface area contributed by atoms with Crippen LogP contribution in [0.4, 0.5) is 11.4 Å². The standard InChI is InChI=1S/C7H8N2O/c1-5-2-3-6(9-10)4-7(5)8/h2-4H,8H2,1H3. The Morgan fingerprint density at radius 1 is 1.50 bits per heavy atom. The summed E-state index contributed by atoms with van der Waals surface area (Å²) in [5.41, 5.74) is 7.45. The van der Waals surface area contributed by atoms with E-state index in [2.05, 4.69) is 5.18 Å². The average Bonchev–Trinajstić information content (AvgIpc) is 1.95. The van der Waals surface area contributed by atoms with Crippen molar-refractivity contribution in [3.8, 4) is 0 Å². The number of rotatable bonds is 1. The number of benzene rings is 1. The van der Waals surface area contributed by atoms with Crippen molar-refractivity contribution in [1.29, 1.82) is 0 Å². The van der Waals surface area contributed by atoms with Crippen LogP contribution in [0.5, 0.6) is 0 Å². The van der Waals surface area contributed by atoms with Crippen LogP contribution >= 0.6 is 0 Å². The third-order valence-corrected chi connectivity index (χ3v) is 1.37. The minimum absolute atomic E-state index is 0.378. The summed E-state index contributed by atoms with van der Waals surface area (Å²) in [5, 5.41) is 2.74. The smallest absolute Gasteiger partial charge is 0.110 e. The molecule has 0 aliphatic carbocycles. The van der Waals surface area contributed by atoms with Crippen LogP contribution in [0.2, 0.25) is 0 Å². The molecule has 0 atom stereocenters. The quantitative estimate of drug-likeness (QED) is 0.474. The lowest BCUT2D eigenvalue weighted by Crippen LogP contribution is -1.86. The van der Waals surface area contributed by atoms with E-state index < -0.39 is 0 Å². The highest BCUT2D eigenvalue weighted by atomic mass is 16.3. The summed E-state index contributed by atoms with van der Waals surface area (Å²) < 4.78 is 0. The van der Waals surface area contributed by atoms with Crippen LogP contribution in [0.15, 0.2) is 23.4 Å². The molecule has 0 heterocycles. The Morgan fingerprint density at radius 3 is 2.70 bits per heavy atom. The Labute approximate surface area is 58.8 Å². The maximum absolute atomic E-state index is 9.96. The predicted molar refractivity (Wildman–Crippen MR) is 41.0 cm³/mol. The van der Waals surface area contributed by atoms with Gasteiger partial charge in [-0.1, -0.05) is 6.07 Å². The Kier molecular flexibility index (Phi) is 1.67. The second-order valence-electron chi connectivity index (χ2n) is 2.13. The van der Waals surface area contributed by atoms with E-state index >= 15 is 0 Å². The van der Waals surface area contributed by atoms with Crippen LogP contribution in [0.3, 0.4) is 0 Å². The molecule has 0 unspecified atom stereocenters. The second kappa shape index (κ2) is 2.47. The molecule has 3 heteroatoms. The maximum atomic E-state index is 9.96. The van der Waals surface area contributed by atoms with Crippen molar-refractivity contribution in [1.82, 2.24) is 0 Å². The molecule has 0 radical (unpaired) electrons. The van der Waals surface area contributed by atoms with Crippen LogP contribution in [0, 0.1) is 11.8 Å². The lowest BCUT2D eigenvalue weighted by molar-refractivity contribution is 1.43. The van der Waals surface area contributed by atoms with Gasteiger partial charge in [-0.05, 0) is 29.8 Å². The summed E-state index contributed by atoms with van der Waals surface area (Å²) >= 11 is 0. The zero-order valence-corrected chi connectivity index (χ0v) is 5.66. The zero-order chi connectivity index (χ0) is 7.56. The number of aryl methyl sites for hydroxylation is 1. The summed E-state index contributed by atoms with van der Waals surface area (Å²) in [6.07, 6.45) is 0. The molecule has 0 saturated carbocycles. The van der Waals surface area contributed by atoms with Gasteiger partial charge in [-0.3, -0.25) is 0 Å². The summed E-state index contributed by atoms with van der Waals surface area (Å²) in [5.74, 6) is 0. The summed E-state index contributed by atoms with van der Waals surface area (Å²) in [4.78, 5) is 9.96. The number of hydrogen-bond donors (Lipinski definition) is 1. The Balaban J connectivity index is 3.16. The molecular formula is C7H8N2O. The lowest BCUT2D eigenvalue weighted by atomic mass is 10.2. The molecule has 1 rings (SSSR count). The summed E-state index contributed by atoms with van der Waals surface area (Å²) in [6.45, 7) is 1.88. The van der Waals surface area contributed by atoms with E-state index in [0.29, 0.717) is 11.4 Å². The summed E-state index contributed by atoms with van der Waals surface area (Å²) in [6, 6.07) is 4.97. The third kappa shape index (κ3) is 1.13. The van der Waals surface area contributed by atoms with Crippen molar-refractivity contribution in [3.05, 3.63) is 28.7 Å². The fourth-order valence-electron chi connectivity index (χ4n) is 0.685. The Morgan fingerprint density at radius 2 is 2.20 bits per heavy atom. The Bertz CT molecular complexity index is 258. The van der Waals surface area contributed by atoms with Crippen LogP contribution in [-0.2, 0) is 0 Å². The van der Waals surface area contributed by atoms with E-state index in [9.17, 15) is 4.91 Å². The molecule has 1 aromatic rings. The fraction of sp³-hybridized carbons (Fsp3) is 0.143. The largest absolute Gasteiger partial charge is 0.398 e. The molecule has 0 aliphatic rings. The molecule has 0 aliphatic heterocycles. The molecular weight excluding hydrogens is 128 g/mol. The summed E-state index contributed by atoms with van der Waals surface area (Å²) in [7, 11) is 0. The van der Waals surface area contributed by atoms with Gasteiger partial charge in [-0.25, -0.2) is 0 Å². The molecule has 0 saturated heterocycles. The topological polar surface area (TPSA) is 55.5 Å². The van der Waals surface area contributed by atoms with E-state index in [4.69, 9.17) is 5.73 Å². The molecule has 52 valence electrons. The van der Waals surface area contributed by atoms with E-state index in [1.807, 2.05) is 6.92 Å². The van der Waals surface area contributed by atoms with Crippen LogP contribution in [-0.4, -0.2) is 0 Å². The number of nitroso groups, excluding NO2 is 1. The van der Waals surface area contributed by atoms with E-state index in [1.54, 1.807) is 18.2 Å². The average molecular weight is 136 g/mol. The van der Waals surface area contributed by atoms with Crippen molar-refractivity contribution in [2.24, 2.45) is 5.18 Å². The highest BCUT2D eigenvalue weighted by Gasteiger charge is 1.94. The molecule has 10 heavy (non-hydrogen) atoms. The number of hydrogen-bond acceptors (Lipinski definition) is 3. The molecule has 0 spiro atoms. The first-order chi connectivity index (χ1) is 4.74. The minimum Gasteiger partial charge on any atom is -0.398 e. The van der Waals surface area contributed by atoms with E-state index in [-0.39, 0.29) is 0 Å². The van der Waals surface area contributed by atoms with Crippen molar-refractivity contribution in [2.75, 3.05) is 5.73 Å². The van der Waals surface area contributed by atoms with Gasteiger partial charge in [0.15, 0.2) is 0 Å². The molecule has 3 nitrogen and oxygen atoms in total. The molecule has 0 aromatic heterocycles. The van der Waals surface area contributed by atoms with E-state index in [0.717, 1.165) is 5.56 Å². The highest BCUT2D eigenvalue weighted by molar-refractivity contribution is 5.55. The molecule has 0 amide bonds. The van der Waals surface area contributed by atoms with Crippen LogP contribution in [0.1, 0.15) is 5.56 Å². The normalized spacial score (nSPS) is 9.30. The number of anilines is 1. The van der Waals surface area contributed by atoms with Gasteiger partial charge < -0.3 is 5.73 Å². The van der Waals surface area contributed by atoms with Crippen molar-refractivity contribution in [3.63, 3.8) is 0 Å². The van der Waals surface area contributed by atoms with Gasteiger partial charge in [0, 0.05) is 5.69 Å². The lowest BCUT2D eigenvalue weighted by Gasteiger charge is -1.96. The van der Waals surface area contributed by atoms with Gasteiger partial charge in [0.05, 0.1) is 0 Å². The highest BCUT2D eigenvalue weighted by Crippen LogP contribution is 2.18. The Hall–Kier alpha value is -1.38. The van der Waals surface area contributed by atoms with E-state index in [1.165, 1.54) is 0 Å². The first-order valence-electron chi connectivity index (χ1n) is 2.93. The monoisotopic (exact) mass is 136 g/mol. The van der Waals surface area contributed by atoms with Gasteiger partial charge >= 0.3 is 0 Å². The zero-order valence-electron chi connectivity index (χ0n) is 5.66. The van der Waals surface area contributed by atoms with Gasteiger partial charge in [-0.15, -0.1) is 4.91 Å². The molecule has 2 N–H and O–H groups in total. The van der Waals surface area contributed by atoms with Crippen molar-refractivity contribution < 1.29 is 0 Å². The first-order valence-corrected chi connectivity index (χ1v) is 2.93. The minimum atomic E-state index is 0.378. The number of nitrogens with zero attached hydrogens (tertiary/aromatic N) is 1. The van der Waals surface area contributed by atoms with Crippen molar-refractivity contribution in [2.45, 2.75) is 6.92 Å². The van der Waals surface area contributed by atoms with Crippen molar-refractivity contribution >= 4 is 11.4 Å². The molecule has 0 bridgehead atoms. The first kappa shape index (κ1) is 6.74. The van der Waals surface area contributed by atoms with Gasteiger partial charge in [0.1, 0.15) is 5.69 Å². The SMILES string of the molecule is Cc1ccc(N=O)cc1N. The predicted octanol–water partition coefficient (Wildman–Crippen LogP) is 1.98. The second-order valence-corrected chi connectivity index (χ2v) is 2.13. The van der Waals surface area contributed by atoms with Gasteiger partial charge in [-0.2, -0.15) is 0 Å². The van der Waals surface area contributed by atoms with Crippen LogP contribution < -0.4 is 5.73 Å². The fourth-order valence-corrected chi connectivity index (χ4v) is 0.685. The molecule has 1 aromatic carbocycles. The third-order valence-electron chi connectivity index (χ3n) is 1.37. The van der Waals surface area contributed by atoms with Crippen LogP contribution in [0.25, 0.3) is 0 Å². The number of nitrogens with two attached hydrogens (primary N) is 1.